The molecule has 0 saturated carbocycles. The fourth-order valence-corrected chi connectivity index (χ4v) is 3.84. The fraction of sp³-hybridized carbons (Fsp3) is 0.208. The van der Waals surface area contributed by atoms with E-state index in [0.29, 0.717) is 5.92 Å². The highest BCUT2D eigenvalue weighted by Crippen LogP contribution is 2.40. The quantitative estimate of drug-likeness (QED) is 0.492. The standard InChI is InChI=1S/C24H23/c1-3-8-17(2)20-15-19-11-7-14-23(24(19)16-20)22-13-6-10-18-9-4-5-12-21(18)22/h4-7,9-17H,3,8H2,1-2H3. The molecule has 0 saturated heterocycles. The number of rotatable bonds is 4. The second-order valence-corrected chi connectivity index (χ2v) is 6.81. The van der Waals surface area contributed by atoms with Gasteiger partial charge in [0.15, 0.2) is 0 Å². The molecule has 1 unspecified atom stereocenters. The van der Waals surface area contributed by atoms with Gasteiger partial charge in [0.25, 0.3) is 0 Å². The molecule has 0 N–H and O–H groups in total. The highest BCUT2D eigenvalue weighted by Gasteiger charge is 2.20. The van der Waals surface area contributed by atoms with Crippen molar-refractivity contribution in [3.63, 3.8) is 0 Å². The van der Waals surface area contributed by atoms with E-state index >= 15 is 0 Å². The normalized spacial score (nSPS) is 14.5. The molecule has 0 amide bonds. The number of hydrogen-bond acceptors (Lipinski definition) is 0. The lowest BCUT2D eigenvalue weighted by Gasteiger charge is -2.11. The number of allylic oxidation sites excluding steroid dienone is 1. The Kier molecular flexibility index (Phi) is 3.98. The van der Waals surface area contributed by atoms with Crippen LogP contribution in [0.5, 0.6) is 0 Å². The van der Waals surface area contributed by atoms with Gasteiger partial charge in [-0.2, -0.15) is 0 Å². The van der Waals surface area contributed by atoms with Crippen LogP contribution in [0.1, 0.15) is 37.8 Å². The Morgan fingerprint density at radius 2 is 1.58 bits per heavy atom. The zero-order chi connectivity index (χ0) is 16.5. The van der Waals surface area contributed by atoms with Crippen molar-refractivity contribution in [1.82, 2.24) is 0 Å². The lowest BCUT2D eigenvalue weighted by atomic mass is 9.93. The van der Waals surface area contributed by atoms with Gasteiger partial charge in [0, 0.05) is 6.42 Å². The van der Waals surface area contributed by atoms with Gasteiger partial charge >= 0.3 is 0 Å². The minimum Gasteiger partial charge on any atom is -0.0654 e. The van der Waals surface area contributed by atoms with Crippen LogP contribution in [0.4, 0.5) is 0 Å². The molecular formula is C24H23. The van der Waals surface area contributed by atoms with Gasteiger partial charge < -0.3 is 0 Å². The first-order valence-corrected chi connectivity index (χ1v) is 8.95. The Bertz CT molecular complexity index is 909. The monoisotopic (exact) mass is 311 g/mol. The van der Waals surface area contributed by atoms with Crippen LogP contribution in [-0.2, 0) is 0 Å². The first-order chi connectivity index (χ1) is 11.8. The Labute approximate surface area is 144 Å². The van der Waals surface area contributed by atoms with E-state index in [-0.39, 0.29) is 0 Å². The van der Waals surface area contributed by atoms with Crippen LogP contribution in [0.15, 0.2) is 66.2 Å². The first kappa shape index (κ1) is 15.2. The minimum absolute atomic E-state index is 0.628. The first-order valence-electron chi connectivity index (χ1n) is 8.95. The van der Waals surface area contributed by atoms with Crippen molar-refractivity contribution < 1.29 is 0 Å². The molecule has 3 aromatic rings. The van der Waals surface area contributed by atoms with Gasteiger partial charge in [-0.05, 0) is 45.4 Å². The van der Waals surface area contributed by atoms with Crippen molar-refractivity contribution >= 4 is 16.8 Å². The SMILES string of the molecule is CCCC(C)C1=Cc2c(cccc2-c2cccc3ccccc23)[CH]1. The van der Waals surface area contributed by atoms with Gasteiger partial charge in [-0.3, -0.25) is 0 Å². The third kappa shape index (κ3) is 2.57. The molecule has 1 radical (unpaired) electrons. The van der Waals surface area contributed by atoms with Crippen LogP contribution in [0.2, 0.25) is 0 Å². The average molecular weight is 311 g/mol. The lowest BCUT2D eigenvalue weighted by Crippen LogP contribution is -1.96. The van der Waals surface area contributed by atoms with Crippen LogP contribution in [0.3, 0.4) is 0 Å². The van der Waals surface area contributed by atoms with Gasteiger partial charge in [-0.1, -0.05) is 92.6 Å². The summed E-state index contributed by atoms with van der Waals surface area (Å²) in [6.45, 7) is 4.61. The molecular weight excluding hydrogens is 288 g/mol. The second-order valence-electron chi connectivity index (χ2n) is 6.81. The second kappa shape index (κ2) is 6.28. The van der Waals surface area contributed by atoms with E-state index in [1.165, 1.54) is 51.4 Å². The predicted molar refractivity (Wildman–Crippen MR) is 105 cm³/mol. The molecule has 1 atom stereocenters. The molecule has 0 spiro atoms. The maximum absolute atomic E-state index is 2.41. The Hall–Kier alpha value is -2.34. The fourth-order valence-electron chi connectivity index (χ4n) is 3.84. The summed E-state index contributed by atoms with van der Waals surface area (Å²) in [6.07, 6.45) is 7.27. The molecule has 0 aliphatic heterocycles. The van der Waals surface area contributed by atoms with Crippen LogP contribution >= 0.6 is 0 Å². The van der Waals surface area contributed by atoms with Crippen molar-refractivity contribution in [2.45, 2.75) is 26.7 Å². The summed E-state index contributed by atoms with van der Waals surface area (Å²) in [5.41, 5.74) is 6.89. The highest BCUT2D eigenvalue weighted by molar-refractivity contribution is 5.99. The van der Waals surface area contributed by atoms with Crippen LogP contribution in [0.25, 0.3) is 28.0 Å². The summed E-state index contributed by atoms with van der Waals surface area (Å²) in [4.78, 5) is 0. The zero-order valence-electron chi connectivity index (χ0n) is 14.4. The van der Waals surface area contributed by atoms with E-state index in [0.717, 1.165) is 0 Å². The number of fused-ring (bicyclic) bond motifs is 2. The summed E-state index contributed by atoms with van der Waals surface area (Å²) in [5, 5.41) is 2.63. The largest absolute Gasteiger partial charge is 0.0654 e. The molecule has 0 bridgehead atoms. The van der Waals surface area contributed by atoms with Crippen molar-refractivity contribution in [2.75, 3.05) is 0 Å². The molecule has 0 fully saturated rings. The highest BCUT2D eigenvalue weighted by atomic mass is 14.2. The average Bonchev–Trinajstić information content (AvgIpc) is 3.06. The van der Waals surface area contributed by atoms with Gasteiger partial charge in [-0.25, -0.2) is 0 Å². The van der Waals surface area contributed by atoms with Crippen LogP contribution in [-0.4, -0.2) is 0 Å². The van der Waals surface area contributed by atoms with Gasteiger partial charge in [-0.15, -0.1) is 0 Å². The van der Waals surface area contributed by atoms with E-state index in [9.17, 15) is 0 Å². The summed E-state index contributed by atoms with van der Waals surface area (Å²) in [7, 11) is 0. The molecule has 1 aliphatic carbocycles. The van der Waals surface area contributed by atoms with Crippen LogP contribution in [0, 0.1) is 12.3 Å². The lowest BCUT2D eigenvalue weighted by molar-refractivity contribution is 0.612. The van der Waals surface area contributed by atoms with Crippen molar-refractivity contribution in [2.24, 2.45) is 5.92 Å². The summed E-state index contributed by atoms with van der Waals surface area (Å²) in [6, 6.07) is 22.0. The van der Waals surface area contributed by atoms with Gasteiger partial charge in [0.2, 0.25) is 0 Å². The molecule has 24 heavy (non-hydrogen) atoms. The maximum atomic E-state index is 2.41. The minimum atomic E-state index is 0.628. The predicted octanol–water partition coefficient (Wildman–Crippen LogP) is 6.89. The third-order valence-corrected chi connectivity index (χ3v) is 5.14. The Morgan fingerprint density at radius 1 is 0.833 bits per heavy atom. The summed E-state index contributed by atoms with van der Waals surface area (Å²) in [5.74, 6) is 0.628. The Balaban J connectivity index is 1.86. The molecule has 0 aromatic heterocycles. The van der Waals surface area contributed by atoms with E-state index < -0.39 is 0 Å². The molecule has 0 nitrogen and oxygen atoms in total. The molecule has 0 heterocycles. The molecule has 0 heteroatoms. The summed E-state index contributed by atoms with van der Waals surface area (Å²) < 4.78 is 0. The smallest absolute Gasteiger partial charge is 0.0167 e. The van der Waals surface area contributed by atoms with Crippen LogP contribution < -0.4 is 0 Å². The molecule has 4 rings (SSSR count). The third-order valence-electron chi connectivity index (χ3n) is 5.14. The zero-order valence-corrected chi connectivity index (χ0v) is 14.4. The number of hydrogen-bond donors (Lipinski definition) is 0. The molecule has 1 aliphatic rings. The van der Waals surface area contributed by atoms with E-state index in [1.54, 1.807) is 0 Å². The van der Waals surface area contributed by atoms with E-state index in [4.69, 9.17) is 0 Å². The van der Waals surface area contributed by atoms with Crippen molar-refractivity contribution in [1.29, 1.82) is 0 Å². The molecule has 119 valence electrons. The van der Waals surface area contributed by atoms with Gasteiger partial charge in [0.05, 0.1) is 0 Å². The van der Waals surface area contributed by atoms with Crippen molar-refractivity contribution in [3.05, 3.63) is 83.8 Å². The summed E-state index contributed by atoms with van der Waals surface area (Å²) >= 11 is 0. The number of benzene rings is 3. The van der Waals surface area contributed by atoms with Crippen molar-refractivity contribution in [3.8, 4) is 11.1 Å². The molecule has 3 aromatic carbocycles. The maximum Gasteiger partial charge on any atom is 0.0167 e. The Morgan fingerprint density at radius 3 is 2.46 bits per heavy atom. The topological polar surface area (TPSA) is 0 Å². The van der Waals surface area contributed by atoms with E-state index in [2.05, 4.69) is 87.0 Å². The van der Waals surface area contributed by atoms with E-state index in [1.807, 2.05) is 0 Å². The van der Waals surface area contributed by atoms with Gasteiger partial charge in [0.1, 0.15) is 0 Å².